The standard InChI is InChI=1S/C16H12BrFN2S/c17-14-7-12(18)5-6-13(14)16-20-15(9-21-16)11-3-1-10(8-19)2-4-11/h1-7,9H,8,19H2. The smallest absolute Gasteiger partial charge is 0.125 e. The van der Waals surface area contributed by atoms with Crippen molar-refractivity contribution in [2.45, 2.75) is 6.54 Å². The highest BCUT2D eigenvalue weighted by atomic mass is 79.9. The van der Waals surface area contributed by atoms with Gasteiger partial charge in [0.15, 0.2) is 0 Å². The average Bonchev–Trinajstić information content (AvgIpc) is 2.97. The van der Waals surface area contributed by atoms with Crippen LogP contribution in [0, 0.1) is 5.82 Å². The van der Waals surface area contributed by atoms with Crippen molar-refractivity contribution in [2.75, 3.05) is 0 Å². The molecule has 0 aliphatic carbocycles. The van der Waals surface area contributed by atoms with Crippen LogP contribution in [0.2, 0.25) is 0 Å². The van der Waals surface area contributed by atoms with E-state index in [1.165, 1.54) is 23.5 Å². The highest BCUT2D eigenvalue weighted by molar-refractivity contribution is 9.10. The van der Waals surface area contributed by atoms with Gasteiger partial charge in [0.25, 0.3) is 0 Å². The lowest BCUT2D eigenvalue weighted by Crippen LogP contribution is -1.95. The van der Waals surface area contributed by atoms with Crippen molar-refractivity contribution in [3.8, 4) is 21.8 Å². The van der Waals surface area contributed by atoms with E-state index in [1.54, 1.807) is 6.07 Å². The summed E-state index contributed by atoms with van der Waals surface area (Å²) in [6.45, 7) is 0.533. The zero-order chi connectivity index (χ0) is 14.8. The normalized spacial score (nSPS) is 10.8. The number of hydrogen-bond donors (Lipinski definition) is 1. The molecule has 106 valence electrons. The van der Waals surface area contributed by atoms with Crippen molar-refractivity contribution in [1.82, 2.24) is 4.98 Å². The second-order valence-corrected chi connectivity index (χ2v) is 6.28. The maximum Gasteiger partial charge on any atom is 0.125 e. The lowest BCUT2D eigenvalue weighted by atomic mass is 10.1. The first-order chi connectivity index (χ1) is 10.2. The molecule has 1 aromatic heterocycles. The monoisotopic (exact) mass is 362 g/mol. The van der Waals surface area contributed by atoms with Crippen molar-refractivity contribution in [2.24, 2.45) is 5.73 Å². The predicted molar refractivity (Wildman–Crippen MR) is 88.5 cm³/mol. The van der Waals surface area contributed by atoms with Crippen LogP contribution in [0.4, 0.5) is 4.39 Å². The van der Waals surface area contributed by atoms with E-state index in [9.17, 15) is 4.39 Å². The molecule has 0 bridgehead atoms. The second-order valence-electron chi connectivity index (χ2n) is 4.56. The highest BCUT2D eigenvalue weighted by Gasteiger charge is 2.10. The molecule has 1 heterocycles. The Kier molecular flexibility index (Phi) is 4.14. The first-order valence-corrected chi connectivity index (χ1v) is 8.05. The summed E-state index contributed by atoms with van der Waals surface area (Å²) in [5, 5.41) is 2.86. The van der Waals surface area contributed by atoms with Crippen LogP contribution in [0.3, 0.4) is 0 Å². The van der Waals surface area contributed by atoms with Gasteiger partial charge in [-0.3, -0.25) is 0 Å². The maximum absolute atomic E-state index is 13.1. The molecule has 3 rings (SSSR count). The number of halogens is 2. The van der Waals surface area contributed by atoms with Crippen LogP contribution in [0.15, 0.2) is 52.3 Å². The van der Waals surface area contributed by atoms with E-state index < -0.39 is 0 Å². The quantitative estimate of drug-likeness (QED) is 0.723. The van der Waals surface area contributed by atoms with Gasteiger partial charge in [-0.2, -0.15) is 0 Å². The molecule has 0 fully saturated rings. The van der Waals surface area contributed by atoms with E-state index in [4.69, 9.17) is 5.73 Å². The van der Waals surface area contributed by atoms with Crippen molar-refractivity contribution < 1.29 is 4.39 Å². The Hall–Kier alpha value is -1.56. The molecular weight excluding hydrogens is 351 g/mol. The van der Waals surface area contributed by atoms with Crippen molar-refractivity contribution in [3.05, 3.63) is 63.7 Å². The summed E-state index contributed by atoms with van der Waals surface area (Å²) in [6.07, 6.45) is 0. The molecular formula is C16H12BrFN2S. The van der Waals surface area contributed by atoms with Crippen molar-refractivity contribution in [3.63, 3.8) is 0 Å². The van der Waals surface area contributed by atoms with Crippen LogP contribution in [0.1, 0.15) is 5.56 Å². The average molecular weight is 363 g/mol. The minimum atomic E-state index is -0.264. The van der Waals surface area contributed by atoms with Crippen LogP contribution in [-0.4, -0.2) is 4.98 Å². The number of nitrogens with two attached hydrogens (primary N) is 1. The molecule has 2 N–H and O–H groups in total. The second kappa shape index (κ2) is 6.05. The maximum atomic E-state index is 13.1. The summed E-state index contributed by atoms with van der Waals surface area (Å²) in [6, 6.07) is 12.7. The minimum absolute atomic E-state index is 0.264. The summed E-state index contributed by atoms with van der Waals surface area (Å²) in [5.74, 6) is -0.264. The number of benzene rings is 2. The largest absolute Gasteiger partial charge is 0.326 e. The van der Waals surface area contributed by atoms with Crippen LogP contribution in [0.25, 0.3) is 21.8 Å². The predicted octanol–water partition coefficient (Wildman–Crippen LogP) is 4.84. The van der Waals surface area contributed by atoms with E-state index in [1.807, 2.05) is 29.6 Å². The molecule has 0 radical (unpaired) electrons. The van der Waals surface area contributed by atoms with Gasteiger partial charge < -0.3 is 5.73 Å². The first-order valence-electron chi connectivity index (χ1n) is 6.37. The third kappa shape index (κ3) is 3.05. The van der Waals surface area contributed by atoms with Gasteiger partial charge in [-0.1, -0.05) is 24.3 Å². The summed E-state index contributed by atoms with van der Waals surface area (Å²) < 4.78 is 13.9. The summed E-state index contributed by atoms with van der Waals surface area (Å²) in [7, 11) is 0. The van der Waals surface area contributed by atoms with Crippen molar-refractivity contribution in [1.29, 1.82) is 0 Å². The number of aromatic nitrogens is 1. The van der Waals surface area contributed by atoms with Gasteiger partial charge in [-0.15, -0.1) is 11.3 Å². The van der Waals surface area contributed by atoms with Gasteiger partial charge in [0.2, 0.25) is 0 Å². The molecule has 2 aromatic carbocycles. The van der Waals surface area contributed by atoms with Gasteiger partial charge >= 0.3 is 0 Å². The molecule has 3 aromatic rings. The topological polar surface area (TPSA) is 38.9 Å². The van der Waals surface area contributed by atoms with Gasteiger partial charge in [0, 0.05) is 27.5 Å². The lowest BCUT2D eigenvalue weighted by molar-refractivity contribution is 0.627. The fraction of sp³-hybridized carbons (Fsp3) is 0.0625. The molecule has 21 heavy (non-hydrogen) atoms. The van der Waals surface area contributed by atoms with E-state index in [-0.39, 0.29) is 5.82 Å². The van der Waals surface area contributed by atoms with Gasteiger partial charge in [-0.05, 0) is 39.7 Å². The van der Waals surface area contributed by atoms with Crippen LogP contribution in [0.5, 0.6) is 0 Å². The van der Waals surface area contributed by atoms with E-state index in [0.29, 0.717) is 11.0 Å². The number of thiazole rings is 1. The summed E-state index contributed by atoms with van der Waals surface area (Å²) in [4.78, 5) is 4.63. The Labute approximate surface area is 134 Å². The molecule has 0 aliphatic rings. The molecule has 0 atom stereocenters. The van der Waals surface area contributed by atoms with Gasteiger partial charge in [0.1, 0.15) is 10.8 Å². The lowest BCUT2D eigenvalue weighted by Gasteiger charge is -2.01. The van der Waals surface area contributed by atoms with Crippen LogP contribution >= 0.6 is 27.3 Å². The number of rotatable bonds is 3. The molecule has 0 amide bonds. The van der Waals surface area contributed by atoms with Gasteiger partial charge in [0.05, 0.1) is 5.69 Å². The van der Waals surface area contributed by atoms with Crippen molar-refractivity contribution >= 4 is 27.3 Å². The summed E-state index contributed by atoms with van der Waals surface area (Å²) >= 11 is 4.92. The number of hydrogen-bond acceptors (Lipinski definition) is 3. The first kappa shape index (κ1) is 14.4. The minimum Gasteiger partial charge on any atom is -0.326 e. The Morgan fingerprint density at radius 3 is 2.57 bits per heavy atom. The summed E-state index contributed by atoms with van der Waals surface area (Å²) in [5.41, 5.74) is 9.55. The van der Waals surface area contributed by atoms with E-state index >= 15 is 0 Å². The molecule has 5 heteroatoms. The molecule has 0 spiro atoms. The van der Waals surface area contributed by atoms with Crippen LogP contribution in [-0.2, 0) is 6.54 Å². The zero-order valence-electron chi connectivity index (χ0n) is 11.0. The Bertz CT molecular complexity index is 768. The van der Waals surface area contributed by atoms with Crippen LogP contribution < -0.4 is 5.73 Å². The molecule has 0 unspecified atom stereocenters. The van der Waals surface area contributed by atoms with E-state index in [2.05, 4.69) is 20.9 Å². The number of nitrogens with zero attached hydrogens (tertiary/aromatic N) is 1. The SMILES string of the molecule is NCc1ccc(-c2csc(-c3ccc(F)cc3Br)n2)cc1. The molecule has 2 nitrogen and oxygen atoms in total. The van der Waals surface area contributed by atoms with E-state index in [0.717, 1.165) is 27.4 Å². The molecule has 0 saturated carbocycles. The molecule has 0 aliphatic heterocycles. The third-order valence-corrected chi connectivity index (χ3v) is 4.68. The zero-order valence-corrected chi connectivity index (χ0v) is 13.4. The molecule has 0 saturated heterocycles. The highest BCUT2D eigenvalue weighted by Crippen LogP contribution is 2.33. The fourth-order valence-corrected chi connectivity index (χ4v) is 3.54. The fourth-order valence-electron chi connectivity index (χ4n) is 2.00. The van der Waals surface area contributed by atoms with Gasteiger partial charge in [-0.25, -0.2) is 9.37 Å². The third-order valence-electron chi connectivity index (χ3n) is 3.15. The Balaban J connectivity index is 1.95. The Morgan fingerprint density at radius 1 is 1.14 bits per heavy atom. The Morgan fingerprint density at radius 2 is 1.90 bits per heavy atom.